The van der Waals surface area contributed by atoms with Crippen LogP contribution in [0.1, 0.15) is 23.6 Å². The van der Waals surface area contributed by atoms with Gasteiger partial charge in [0.1, 0.15) is 5.75 Å². The average Bonchev–Trinajstić information content (AvgIpc) is 2.74. The summed E-state index contributed by atoms with van der Waals surface area (Å²) < 4.78 is 31.3. The molecule has 2 heterocycles. The van der Waals surface area contributed by atoms with Crippen LogP contribution in [0.15, 0.2) is 55.0 Å². The Morgan fingerprint density at radius 3 is 2.34 bits per heavy atom. The van der Waals surface area contributed by atoms with E-state index in [1.165, 1.54) is 7.05 Å². The lowest BCUT2D eigenvalue weighted by atomic mass is 10.2. The van der Waals surface area contributed by atoms with E-state index in [0.717, 1.165) is 17.5 Å². The van der Waals surface area contributed by atoms with Crippen molar-refractivity contribution in [3.63, 3.8) is 0 Å². The van der Waals surface area contributed by atoms with Gasteiger partial charge >= 0.3 is 0 Å². The molecule has 0 atom stereocenters. The van der Waals surface area contributed by atoms with E-state index in [1.807, 2.05) is 24.5 Å². The van der Waals surface area contributed by atoms with Crippen LogP contribution in [-0.2, 0) is 28.7 Å². The molecule has 0 unspecified atom stereocenters. The maximum absolute atomic E-state index is 11.6. The number of pyridine rings is 1. The molecule has 0 bridgehead atoms. The minimum absolute atomic E-state index is 0.0789. The van der Waals surface area contributed by atoms with Gasteiger partial charge in [-0.2, -0.15) is 0 Å². The van der Waals surface area contributed by atoms with Crippen LogP contribution in [0.5, 0.6) is 11.6 Å². The zero-order valence-corrected chi connectivity index (χ0v) is 17.1. The topological polar surface area (TPSA) is 106 Å². The fourth-order valence-corrected chi connectivity index (χ4v) is 3.27. The van der Waals surface area contributed by atoms with Crippen molar-refractivity contribution in [3.8, 4) is 11.6 Å². The van der Waals surface area contributed by atoms with E-state index in [4.69, 9.17) is 4.74 Å². The monoisotopic (exact) mass is 413 g/mol. The number of sulfonamides is 1. The highest BCUT2D eigenvalue weighted by atomic mass is 32.2. The van der Waals surface area contributed by atoms with Gasteiger partial charge in [-0.25, -0.2) is 28.1 Å². The van der Waals surface area contributed by atoms with Crippen molar-refractivity contribution >= 4 is 16.0 Å². The number of hydrogen-bond acceptors (Lipinski definition) is 7. The molecular formula is C20H23N5O3S. The highest BCUT2D eigenvalue weighted by molar-refractivity contribution is 7.88. The van der Waals surface area contributed by atoms with Gasteiger partial charge in [-0.15, -0.1) is 0 Å². The van der Waals surface area contributed by atoms with Gasteiger partial charge in [0.05, 0.1) is 5.75 Å². The lowest BCUT2D eigenvalue weighted by Crippen LogP contribution is -2.20. The average molecular weight is 414 g/mol. The van der Waals surface area contributed by atoms with E-state index in [9.17, 15) is 8.42 Å². The number of benzene rings is 1. The van der Waals surface area contributed by atoms with Crippen molar-refractivity contribution in [3.05, 3.63) is 71.7 Å². The first-order valence-electron chi connectivity index (χ1n) is 9.15. The molecule has 0 amide bonds. The SMILES string of the molecule is CCc1cnc(NCc2ccnc(Oc3ccc(CS(=O)(=O)NC)cc3)c2)nc1. The smallest absolute Gasteiger partial charge is 0.222 e. The summed E-state index contributed by atoms with van der Waals surface area (Å²) in [7, 11) is -1.91. The van der Waals surface area contributed by atoms with Crippen LogP contribution >= 0.6 is 0 Å². The Kier molecular flexibility index (Phi) is 6.73. The second kappa shape index (κ2) is 9.44. The summed E-state index contributed by atoms with van der Waals surface area (Å²) >= 11 is 0. The second-order valence-corrected chi connectivity index (χ2v) is 8.26. The third kappa shape index (κ3) is 6.23. The molecular weight excluding hydrogens is 390 g/mol. The van der Waals surface area contributed by atoms with Gasteiger partial charge in [-0.05, 0) is 48.4 Å². The number of aromatic nitrogens is 3. The third-order valence-corrected chi connectivity index (χ3v) is 5.51. The Hall–Kier alpha value is -3.04. The third-order valence-electron chi connectivity index (χ3n) is 4.18. The number of hydrogen-bond donors (Lipinski definition) is 2. The molecule has 0 aliphatic carbocycles. The zero-order chi connectivity index (χ0) is 20.7. The fourth-order valence-electron chi connectivity index (χ4n) is 2.49. The van der Waals surface area contributed by atoms with E-state index in [-0.39, 0.29) is 5.75 Å². The van der Waals surface area contributed by atoms with Crippen LogP contribution in [0.2, 0.25) is 0 Å². The van der Waals surface area contributed by atoms with Crippen LogP contribution in [-0.4, -0.2) is 30.4 Å². The number of nitrogens with one attached hydrogen (secondary N) is 2. The first-order chi connectivity index (χ1) is 14.0. The molecule has 8 nitrogen and oxygen atoms in total. The lowest BCUT2D eigenvalue weighted by Gasteiger charge is -2.09. The summed E-state index contributed by atoms with van der Waals surface area (Å²) in [5.41, 5.74) is 2.73. The van der Waals surface area contributed by atoms with Crippen molar-refractivity contribution in [1.29, 1.82) is 0 Å². The summed E-state index contributed by atoms with van der Waals surface area (Å²) in [4.78, 5) is 12.8. The molecule has 2 N–H and O–H groups in total. The second-order valence-electron chi connectivity index (χ2n) is 6.33. The summed E-state index contributed by atoms with van der Waals surface area (Å²) in [5, 5.41) is 3.17. The number of ether oxygens (including phenoxy) is 1. The Morgan fingerprint density at radius 2 is 1.69 bits per heavy atom. The van der Waals surface area contributed by atoms with Crippen molar-refractivity contribution in [2.45, 2.75) is 25.6 Å². The van der Waals surface area contributed by atoms with E-state index in [1.54, 1.807) is 30.5 Å². The van der Waals surface area contributed by atoms with Gasteiger partial charge in [-0.1, -0.05) is 19.1 Å². The van der Waals surface area contributed by atoms with Crippen LogP contribution in [0.4, 0.5) is 5.95 Å². The van der Waals surface area contributed by atoms with E-state index in [0.29, 0.717) is 29.7 Å². The maximum atomic E-state index is 11.6. The van der Waals surface area contributed by atoms with Crippen LogP contribution in [0, 0.1) is 0 Å². The van der Waals surface area contributed by atoms with Gasteiger partial charge in [0.25, 0.3) is 0 Å². The first-order valence-corrected chi connectivity index (χ1v) is 10.8. The molecule has 3 aromatic rings. The minimum Gasteiger partial charge on any atom is -0.439 e. The Balaban J connectivity index is 1.60. The molecule has 0 saturated carbocycles. The highest BCUT2D eigenvalue weighted by Gasteiger charge is 2.09. The van der Waals surface area contributed by atoms with Gasteiger partial charge < -0.3 is 10.1 Å². The molecule has 0 spiro atoms. The summed E-state index contributed by atoms with van der Waals surface area (Å²) in [6, 6.07) is 10.6. The molecule has 3 rings (SSSR count). The Morgan fingerprint density at radius 1 is 0.966 bits per heavy atom. The Labute approximate surface area is 170 Å². The number of anilines is 1. The number of rotatable bonds is 9. The largest absolute Gasteiger partial charge is 0.439 e. The standard InChI is InChI=1S/C20H23N5O3S/c1-3-15-11-23-20(24-12-15)25-13-17-8-9-22-19(10-17)28-18-6-4-16(5-7-18)14-29(26,27)21-2/h4-12,21H,3,13-14H2,1-2H3,(H,23,24,25). The lowest BCUT2D eigenvalue weighted by molar-refractivity contribution is 0.462. The quantitative estimate of drug-likeness (QED) is 0.555. The summed E-state index contributed by atoms with van der Waals surface area (Å²) in [5.74, 6) is 1.51. The van der Waals surface area contributed by atoms with Crippen LogP contribution in [0.25, 0.3) is 0 Å². The predicted molar refractivity (Wildman–Crippen MR) is 111 cm³/mol. The van der Waals surface area contributed by atoms with Crippen molar-refractivity contribution in [1.82, 2.24) is 19.7 Å². The van der Waals surface area contributed by atoms with E-state index >= 15 is 0 Å². The number of aryl methyl sites for hydroxylation is 1. The Bertz CT molecular complexity index is 1040. The maximum Gasteiger partial charge on any atom is 0.222 e. The van der Waals surface area contributed by atoms with Crippen LogP contribution < -0.4 is 14.8 Å². The van der Waals surface area contributed by atoms with E-state index in [2.05, 4.69) is 31.9 Å². The fraction of sp³-hybridized carbons (Fsp3) is 0.250. The summed E-state index contributed by atoms with van der Waals surface area (Å²) in [6.07, 6.45) is 6.18. The van der Waals surface area contributed by atoms with Gasteiger partial charge in [0, 0.05) is 31.2 Å². The molecule has 29 heavy (non-hydrogen) atoms. The summed E-state index contributed by atoms with van der Waals surface area (Å²) in [6.45, 7) is 2.59. The van der Waals surface area contributed by atoms with Crippen molar-refractivity contribution in [2.75, 3.05) is 12.4 Å². The van der Waals surface area contributed by atoms with Gasteiger partial charge in [-0.3, -0.25) is 0 Å². The molecule has 1 aromatic carbocycles. The molecule has 2 aromatic heterocycles. The molecule has 0 aliphatic rings. The normalized spacial score (nSPS) is 11.2. The number of nitrogens with zero attached hydrogens (tertiary/aromatic N) is 3. The van der Waals surface area contributed by atoms with Crippen LogP contribution in [0.3, 0.4) is 0 Å². The van der Waals surface area contributed by atoms with Gasteiger partial charge in [0.15, 0.2) is 0 Å². The first kappa shape index (κ1) is 20.7. The minimum atomic E-state index is -3.30. The van der Waals surface area contributed by atoms with E-state index < -0.39 is 10.0 Å². The molecule has 0 radical (unpaired) electrons. The molecule has 0 saturated heterocycles. The predicted octanol–water partition coefficient (Wildman–Crippen LogP) is 2.89. The van der Waals surface area contributed by atoms with Crippen molar-refractivity contribution in [2.24, 2.45) is 0 Å². The molecule has 0 fully saturated rings. The highest BCUT2D eigenvalue weighted by Crippen LogP contribution is 2.21. The zero-order valence-electron chi connectivity index (χ0n) is 16.3. The molecule has 9 heteroatoms. The molecule has 152 valence electrons. The van der Waals surface area contributed by atoms with Crippen molar-refractivity contribution < 1.29 is 13.2 Å². The van der Waals surface area contributed by atoms with Gasteiger partial charge in [0.2, 0.25) is 21.9 Å². The molecule has 0 aliphatic heterocycles.